The molecular weight excluding hydrogens is 231 g/mol. The lowest BCUT2D eigenvalue weighted by Crippen LogP contribution is -2.34. The van der Waals surface area contributed by atoms with Crippen LogP contribution in [0.5, 0.6) is 0 Å². The molecule has 1 aliphatic heterocycles. The molecule has 1 heterocycles. The Kier molecular flexibility index (Phi) is 3.21. The maximum Gasteiger partial charge on any atom is 0.0922 e. The number of ether oxygens (including phenoxy) is 2. The molecule has 0 amide bonds. The Balaban J connectivity index is 2.30. The average molecular weight is 242 g/mol. The zero-order valence-corrected chi connectivity index (χ0v) is 7.63. The molecule has 0 aliphatic carbocycles. The van der Waals surface area contributed by atoms with Gasteiger partial charge >= 0.3 is 0 Å². The molecule has 2 atom stereocenters. The van der Waals surface area contributed by atoms with Gasteiger partial charge in [-0.2, -0.15) is 0 Å². The molecule has 1 saturated heterocycles. The Labute approximate surface area is 69.0 Å². The van der Waals surface area contributed by atoms with Gasteiger partial charge in [-0.1, -0.05) is 22.6 Å². The van der Waals surface area contributed by atoms with E-state index >= 15 is 0 Å². The second-order valence-electron chi connectivity index (χ2n) is 2.15. The molecule has 3 heteroatoms. The van der Waals surface area contributed by atoms with E-state index in [9.17, 15) is 0 Å². The first-order chi connectivity index (χ1) is 4.34. The molecule has 1 aliphatic rings. The first-order valence-electron chi connectivity index (χ1n) is 3.09. The van der Waals surface area contributed by atoms with Crippen molar-refractivity contribution in [2.24, 2.45) is 0 Å². The SMILES string of the molecule is COC1COCCC1I. The van der Waals surface area contributed by atoms with Crippen molar-refractivity contribution >= 4 is 22.6 Å². The molecule has 0 N–H and O–H groups in total. The molecule has 0 aromatic rings. The van der Waals surface area contributed by atoms with E-state index in [1.807, 2.05) is 0 Å². The van der Waals surface area contributed by atoms with Crippen LogP contribution in [0.3, 0.4) is 0 Å². The summed E-state index contributed by atoms with van der Waals surface area (Å²) in [6.07, 6.45) is 1.44. The van der Waals surface area contributed by atoms with Crippen molar-refractivity contribution in [2.45, 2.75) is 16.4 Å². The van der Waals surface area contributed by atoms with Gasteiger partial charge in [-0.3, -0.25) is 0 Å². The van der Waals surface area contributed by atoms with Crippen molar-refractivity contribution < 1.29 is 9.47 Å². The fourth-order valence-electron chi connectivity index (χ4n) is 0.901. The third-order valence-electron chi connectivity index (χ3n) is 1.53. The Morgan fingerprint density at radius 1 is 1.67 bits per heavy atom. The number of hydrogen-bond donors (Lipinski definition) is 0. The van der Waals surface area contributed by atoms with E-state index in [0.29, 0.717) is 10.0 Å². The standard InChI is InChI=1S/C6H11IO2/c1-8-6-4-9-3-2-5(6)7/h5-6H,2-4H2,1H3. The number of hydrogen-bond acceptors (Lipinski definition) is 2. The van der Waals surface area contributed by atoms with E-state index in [1.54, 1.807) is 7.11 Å². The Hall–Kier alpha value is 0.650. The van der Waals surface area contributed by atoms with E-state index < -0.39 is 0 Å². The summed E-state index contributed by atoms with van der Waals surface area (Å²) in [6.45, 7) is 1.66. The smallest absolute Gasteiger partial charge is 0.0922 e. The summed E-state index contributed by atoms with van der Waals surface area (Å²) in [4.78, 5) is 0. The van der Waals surface area contributed by atoms with Crippen LogP contribution < -0.4 is 0 Å². The molecule has 0 spiro atoms. The lowest BCUT2D eigenvalue weighted by atomic mass is 10.2. The summed E-state index contributed by atoms with van der Waals surface area (Å²) in [5.41, 5.74) is 0. The summed E-state index contributed by atoms with van der Waals surface area (Å²) < 4.78 is 11.0. The lowest BCUT2D eigenvalue weighted by molar-refractivity contribution is -0.0213. The molecule has 1 fully saturated rings. The maximum atomic E-state index is 5.21. The molecular formula is C6H11IO2. The predicted octanol–water partition coefficient (Wildman–Crippen LogP) is 1.23. The van der Waals surface area contributed by atoms with E-state index in [0.717, 1.165) is 19.6 Å². The first kappa shape index (κ1) is 7.75. The molecule has 0 radical (unpaired) electrons. The average Bonchev–Trinajstić information content (AvgIpc) is 1.89. The summed E-state index contributed by atoms with van der Waals surface area (Å²) in [5.74, 6) is 0. The predicted molar refractivity (Wildman–Crippen MR) is 44.0 cm³/mol. The topological polar surface area (TPSA) is 18.5 Å². The first-order valence-corrected chi connectivity index (χ1v) is 4.33. The number of rotatable bonds is 1. The minimum atomic E-state index is 0.319. The highest BCUT2D eigenvalue weighted by molar-refractivity contribution is 14.1. The van der Waals surface area contributed by atoms with Crippen LogP contribution in [0.1, 0.15) is 6.42 Å². The van der Waals surface area contributed by atoms with Gasteiger partial charge in [-0.05, 0) is 6.42 Å². The van der Waals surface area contributed by atoms with E-state index in [1.165, 1.54) is 0 Å². The summed E-state index contributed by atoms with van der Waals surface area (Å²) in [7, 11) is 1.74. The highest BCUT2D eigenvalue weighted by Crippen LogP contribution is 2.18. The van der Waals surface area contributed by atoms with Crippen molar-refractivity contribution in [2.75, 3.05) is 20.3 Å². The van der Waals surface area contributed by atoms with Crippen molar-refractivity contribution in [3.63, 3.8) is 0 Å². The van der Waals surface area contributed by atoms with Gasteiger partial charge in [-0.25, -0.2) is 0 Å². The molecule has 0 saturated carbocycles. The summed E-state index contributed by atoms with van der Waals surface area (Å²) in [6, 6.07) is 0. The van der Waals surface area contributed by atoms with E-state index in [2.05, 4.69) is 22.6 Å². The van der Waals surface area contributed by atoms with Gasteiger partial charge in [0, 0.05) is 17.6 Å². The molecule has 54 valence electrons. The zero-order chi connectivity index (χ0) is 6.69. The summed E-state index contributed by atoms with van der Waals surface area (Å²) in [5, 5.41) is 0. The third-order valence-corrected chi connectivity index (χ3v) is 2.95. The second kappa shape index (κ2) is 3.73. The van der Waals surface area contributed by atoms with Crippen LogP contribution in [-0.2, 0) is 9.47 Å². The fraction of sp³-hybridized carbons (Fsp3) is 1.00. The molecule has 0 bridgehead atoms. The minimum Gasteiger partial charge on any atom is -0.379 e. The van der Waals surface area contributed by atoms with Crippen LogP contribution in [0.25, 0.3) is 0 Å². The van der Waals surface area contributed by atoms with E-state index in [-0.39, 0.29) is 0 Å². The number of methoxy groups -OCH3 is 1. The van der Waals surface area contributed by atoms with E-state index in [4.69, 9.17) is 9.47 Å². The van der Waals surface area contributed by atoms with Crippen LogP contribution in [0.4, 0.5) is 0 Å². The van der Waals surface area contributed by atoms with Crippen LogP contribution in [-0.4, -0.2) is 30.4 Å². The molecule has 2 nitrogen and oxygen atoms in total. The molecule has 2 unspecified atom stereocenters. The van der Waals surface area contributed by atoms with Crippen LogP contribution >= 0.6 is 22.6 Å². The highest BCUT2D eigenvalue weighted by Gasteiger charge is 2.22. The Morgan fingerprint density at radius 2 is 2.44 bits per heavy atom. The molecule has 0 aromatic heterocycles. The monoisotopic (exact) mass is 242 g/mol. The third kappa shape index (κ3) is 2.05. The van der Waals surface area contributed by atoms with Gasteiger partial charge < -0.3 is 9.47 Å². The molecule has 9 heavy (non-hydrogen) atoms. The van der Waals surface area contributed by atoms with Crippen LogP contribution in [0, 0.1) is 0 Å². The van der Waals surface area contributed by atoms with Gasteiger partial charge in [0.1, 0.15) is 0 Å². The van der Waals surface area contributed by atoms with Crippen molar-refractivity contribution in [3.05, 3.63) is 0 Å². The van der Waals surface area contributed by atoms with Gasteiger partial charge in [0.15, 0.2) is 0 Å². The number of halogens is 1. The molecule has 1 rings (SSSR count). The van der Waals surface area contributed by atoms with Gasteiger partial charge in [0.25, 0.3) is 0 Å². The largest absolute Gasteiger partial charge is 0.379 e. The summed E-state index contributed by atoms with van der Waals surface area (Å²) >= 11 is 2.41. The lowest BCUT2D eigenvalue weighted by Gasteiger charge is -2.25. The van der Waals surface area contributed by atoms with Crippen LogP contribution in [0.15, 0.2) is 0 Å². The van der Waals surface area contributed by atoms with Gasteiger partial charge in [0.2, 0.25) is 0 Å². The normalized spacial score (nSPS) is 36.7. The minimum absolute atomic E-state index is 0.319. The van der Waals surface area contributed by atoms with Crippen molar-refractivity contribution in [3.8, 4) is 0 Å². The van der Waals surface area contributed by atoms with Gasteiger partial charge in [0.05, 0.1) is 12.7 Å². The Bertz CT molecular complexity index is 87.1. The maximum absolute atomic E-state index is 5.21. The zero-order valence-electron chi connectivity index (χ0n) is 5.47. The van der Waals surface area contributed by atoms with Crippen molar-refractivity contribution in [1.82, 2.24) is 0 Å². The fourth-order valence-corrected chi connectivity index (χ4v) is 1.66. The highest BCUT2D eigenvalue weighted by atomic mass is 127. The van der Waals surface area contributed by atoms with Crippen LogP contribution in [0.2, 0.25) is 0 Å². The van der Waals surface area contributed by atoms with Gasteiger partial charge in [-0.15, -0.1) is 0 Å². The Morgan fingerprint density at radius 3 is 2.89 bits per heavy atom. The molecule has 0 aromatic carbocycles. The quantitative estimate of drug-likeness (QED) is 0.508. The second-order valence-corrected chi connectivity index (χ2v) is 3.75. The van der Waals surface area contributed by atoms with Crippen molar-refractivity contribution in [1.29, 1.82) is 0 Å². The number of alkyl halides is 1.